The molecule has 0 saturated heterocycles. The number of carbonyl (C=O) groups excluding carboxylic acids is 1. The highest BCUT2D eigenvalue weighted by Crippen LogP contribution is 2.16. The van der Waals surface area contributed by atoms with Gasteiger partial charge in [0.1, 0.15) is 0 Å². The summed E-state index contributed by atoms with van der Waals surface area (Å²) >= 11 is 0. The average molecular weight is 284 g/mol. The average Bonchev–Trinajstić information content (AvgIpc) is 2.39. The minimum atomic E-state index is -0.365. The van der Waals surface area contributed by atoms with Gasteiger partial charge in [0, 0.05) is 0 Å². The molecule has 0 aliphatic rings. The Kier molecular flexibility index (Phi) is 10.9. The van der Waals surface area contributed by atoms with Crippen molar-refractivity contribution < 1.29 is 9.53 Å². The molecule has 20 heavy (non-hydrogen) atoms. The molecule has 0 aliphatic carbocycles. The molecule has 0 bridgehead atoms. The van der Waals surface area contributed by atoms with Crippen molar-refractivity contribution in [2.75, 3.05) is 6.61 Å². The van der Waals surface area contributed by atoms with Crippen molar-refractivity contribution in [2.45, 2.75) is 92.4 Å². The third-order valence-electron chi connectivity index (χ3n) is 3.88. The van der Waals surface area contributed by atoms with Crippen LogP contribution in [-0.4, -0.2) is 12.6 Å². The van der Waals surface area contributed by atoms with Gasteiger partial charge in [0.05, 0.1) is 12.0 Å². The van der Waals surface area contributed by atoms with E-state index in [0.717, 1.165) is 12.3 Å². The highest BCUT2D eigenvalue weighted by molar-refractivity contribution is 5.75. The van der Waals surface area contributed by atoms with Crippen molar-refractivity contribution in [2.24, 2.45) is 11.3 Å². The van der Waals surface area contributed by atoms with E-state index in [1.807, 2.05) is 20.8 Å². The summed E-state index contributed by atoms with van der Waals surface area (Å²) in [5, 5.41) is 0. The number of rotatable bonds is 11. The van der Waals surface area contributed by atoms with E-state index in [9.17, 15) is 4.79 Å². The SMILES string of the molecule is CCC(C)CCCCCCCCCOC(=O)C(C)(C)C. The van der Waals surface area contributed by atoms with Gasteiger partial charge in [0.15, 0.2) is 0 Å². The van der Waals surface area contributed by atoms with E-state index in [4.69, 9.17) is 4.74 Å². The molecule has 1 atom stereocenters. The first kappa shape index (κ1) is 19.5. The van der Waals surface area contributed by atoms with Crippen LogP contribution in [-0.2, 0) is 9.53 Å². The highest BCUT2D eigenvalue weighted by atomic mass is 16.5. The zero-order valence-electron chi connectivity index (χ0n) is 14.5. The van der Waals surface area contributed by atoms with Crippen molar-refractivity contribution in [3.63, 3.8) is 0 Å². The smallest absolute Gasteiger partial charge is 0.311 e. The molecule has 0 rings (SSSR count). The summed E-state index contributed by atoms with van der Waals surface area (Å²) in [5.74, 6) is 0.815. The summed E-state index contributed by atoms with van der Waals surface area (Å²) in [6.45, 7) is 10.9. The molecular weight excluding hydrogens is 248 g/mol. The molecule has 0 radical (unpaired) electrons. The molecule has 1 unspecified atom stereocenters. The molecule has 120 valence electrons. The quantitative estimate of drug-likeness (QED) is 0.357. The van der Waals surface area contributed by atoms with Crippen molar-refractivity contribution >= 4 is 5.97 Å². The van der Waals surface area contributed by atoms with E-state index in [0.29, 0.717) is 6.61 Å². The van der Waals surface area contributed by atoms with E-state index < -0.39 is 0 Å². The van der Waals surface area contributed by atoms with Crippen LogP contribution in [0.1, 0.15) is 92.4 Å². The van der Waals surface area contributed by atoms with Crippen LogP contribution >= 0.6 is 0 Å². The van der Waals surface area contributed by atoms with Gasteiger partial charge in [-0.3, -0.25) is 4.79 Å². The summed E-state index contributed by atoms with van der Waals surface area (Å²) in [7, 11) is 0. The number of carbonyl (C=O) groups is 1. The van der Waals surface area contributed by atoms with Crippen molar-refractivity contribution in [3.05, 3.63) is 0 Å². The topological polar surface area (TPSA) is 26.3 Å². The first-order valence-electron chi connectivity index (χ1n) is 8.55. The third kappa shape index (κ3) is 11.3. The lowest BCUT2D eigenvalue weighted by molar-refractivity contribution is -0.153. The minimum absolute atomic E-state index is 0.0810. The normalized spacial score (nSPS) is 13.2. The monoisotopic (exact) mass is 284 g/mol. The summed E-state index contributed by atoms with van der Waals surface area (Å²) in [6, 6.07) is 0. The lowest BCUT2D eigenvalue weighted by Crippen LogP contribution is -2.23. The number of esters is 1. The highest BCUT2D eigenvalue weighted by Gasteiger charge is 2.22. The lowest BCUT2D eigenvalue weighted by Gasteiger charge is -2.16. The van der Waals surface area contributed by atoms with Gasteiger partial charge in [-0.1, -0.05) is 65.2 Å². The fraction of sp³-hybridized carbons (Fsp3) is 0.944. The van der Waals surface area contributed by atoms with Crippen molar-refractivity contribution in [1.82, 2.24) is 0 Å². The van der Waals surface area contributed by atoms with Crippen LogP contribution in [0.15, 0.2) is 0 Å². The van der Waals surface area contributed by atoms with Gasteiger partial charge in [0.25, 0.3) is 0 Å². The molecule has 2 heteroatoms. The van der Waals surface area contributed by atoms with Crippen LogP contribution in [0.5, 0.6) is 0 Å². The van der Waals surface area contributed by atoms with Crippen molar-refractivity contribution in [1.29, 1.82) is 0 Å². The summed E-state index contributed by atoms with van der Waals surface area (Å²) < 4.78 is 5.25. The Hall–Kier alpha value is -0.530. The Balaban J connectivity index is 3.24. The molecule has 2 nitrogen and oxygen atoms in total. The van der Waals surface area contributed by atoms with Gasteiger partial charge in [0.2, 0.25) is 0 Å². The molecule has 0 N–H and O–H groups in total. The zero-order valence-corrected chi connectivity index (χ0v) is 14.5. The second kappa shape index (κ2) is 11.2. The molecule has 0 aliphatic heterocycles. The maximum absolute atomic E-state index is 11.5. The van der Waals surface area contributed by atoms with Gasteiger partial charge in [-0.05, 0) is 33.1 Å². The van der Waals surface area contributed by atoms with Crippen LogP contribution in [0.4, 0.5) is 0 Å². The van der Waals surface area contributed by atoms with Gasteiger partial charge in [-0.25, -0.2) is 0 Å². The molecule has 0 aromatic carbocycles. The summed E-state index contributed by atoms with van der Waals surface area (Å²) in [5.41, 5.74) is -0.365. The Morgan fingerprint density at radius 3 is 1.95 bits per heavy atom. The minimum Gasteiger partial charge on any atom is -0.465 e. The molecule has 0 aromatic rings. The molecule has 0 aromatic heterocycles. The Morgan fingerprint density at radius 1 is 0.950 bits per heavy atom. The molecule has 0 amide bonds. The van der Waals surface area contributed by atoms with Crippen LogP contribution in [0.2, 0.25) is 0 Å². The Labute approximate surface area is 126 Å². The first-order chi connectivity index (χ1) is 9.38. The van der Waals surface area contributed by atoms with Crippen LogP contribution in [0, 0.1) is 11.3 Å². The lowest BCUT2D eigenvalue weighted by atomic mass is 9.97. The molecular formula is C18H36O2. The van der Waals surface area contributed by atoms with Gasteiger partial charge < -0.3 is 4.74 Å². The molecule has 0 saturated carbocycles. The predicted molar refractivity (Wildman–Crippen MR) is 86.8 cm³/mol. The van der Waals surface area contributed by atoms with Crippen LogP contribution in [0.3, 0.4) is 0 Å². The Bertz CT molecular complexity index is 240. The fourth-order valence-corrected chi connectivity index (χ4v) is 2.06. The maximum atomic E-state index is 11.5. The van der Waals surface area contributed by atoms with E-state index in [-0.39, 0.29) is 11.4 Å². The maximum Gasteiger partial charge on any atom is 0.311 e. The number of unbranched alkanes of at least 4 members (excludes halogenated alkanes) is 6. The zero-order chi connectivity index (χ0) is 15.4. The van der Waals surface area contributed by atoms with E-state index in [1.54, 1.807) is 0 Å². The summed E-state index contributed by atoms with van der Waals surface area (Å²) in [6.07, 6.45) is 11.6. The predicted octanol–water partition coefficient (Wildman–Crippen LogP) is 5.74. The molecule has 0 spiro atoms. The Morgan fingerprint density at radius 2 is 1.45 bits per heavy atom. The third-order valence-corrected chi connectivity index (χ3v) is 3.88. The largest absolute Gasteiger partial charge is 0.465 e. The standard InChI is InChI=1S/C18H36O2/c1-6-16(2)14-12-10-8-7-9-11-13-15-20-17(19)18(3,4)5/h16H,6-15H2,1-5H3. The van der Waals surface area contributed by atoms with Gasteiger partial charge >= 0.3 is 5.97 Å². The van der Waals surface area contributed by atoms with Gasteiger partial charge in [-0.15, -0.1) is 0 Å². The number of hydrogen-bond acceptors (Lipinski definition) is 2. The van der Waals surface area contributed by atoms with Crippen LogP contribution in [0.25, 0.3) is 0 Å². The van der Waals surface area contributed by atoms with Crippen molar-refractivity contribution in [3.8, 4) is 0 Å². The second-order valence-corrected chi connectivity index (χ2v) is 7.16. The van der Waals surface area contributed by atoms with Gasteiger partial charge in [-0.2, -0.15) is 0 Å². The first-order valence-corrected chi connectivity index (χ1v) is 8.55. The van der Waals surface area contributed by atoms with Crippen LogP contribution < -0.4 is 0 Å². The van der Waals surface area contributed by atoms with E-state index in [1.165, 1.54) is 51.4 Å². The second-order valence-electron chi connectivity index (χ2n) is 7.16. The van der Waals surface area contributed by atoms with E-state index >= 15 is 0 Å². The number of ether oxygens (including phenoxy) is 1. The number of hydrogen-bond donors (Lipinski definition) is 0. The molecule has 0 heterocycles. The molecule has 0 fully saturated rings. The summed E-state index contributed by atoms with van der Waals surface area (Å²) in [4.78, 5) is 11.5. The fourth-order valence-electron chi connectivity index (χ4n) is 2.06. The van der Waals surface area contributed by atoms with E-state index in [2.05, 4.69) is 13.8 Å².